The van der Waals surface area contributed by atoms with Crippen molar-refractivity contribution in [1.29, 1.82) is 0 Å². The van der Waals surface area contributed by atoms with Crippen LogP contribution in [0.1, 0.15) is 43.0 Å². The summed E-state index contributed by atoms with van der Waals surface area (Å²) in [5.74, 6) is -1.02. The molecule has 2 N–H and O–H groups in total. The quantitative estimate of drug-likeness (QED) is 0.764. The molecule has 0 fully saturated rings. The number of hydrogen-bond donors (Lipinski definition) is 2. The Bertz CT molecular complexity index is 514. The molecule has 0 spiro atoms. The van der Waals surface area contributed by atoms with Crippen molar-refractivity contribution < 1.29 is 19.4 Å². The van der Waals surface area contributed by atoms with Crippen LogP contribution in [0.2, 0.25) is 0 Å². The lowest BCUT2D eigenvalue weighted by Crippen LogP contribution is -2.32. The summed E-state index contributed by atoms with van der Waals surface area (Å²) in [6, 6.07) is 1.69. The van der Waals surface area contributed by atoms with E-state index >= 15 is 0 Å². The Hall–Kier alpha value is -2.18. The molecule has 0 atom stereocenters. The van der Waals surface area contributed by atoms with E-state index in [1.165, 1.54) is 7.11 Å². The molecule has 0 aromatic carbocycles. The minimum Gasteiger partial charge on any atom is -0.481 e. The number of esters is 1. The number of methoxy groups -OCH3 is 1. The second kappa shape index (κ2) is 6.31. The summed E-state index contributed by atoms with van der Waals surface area (Å²) in [4.78, 5) is 30.1. The van der Waals surface area contributed by atoms with Crippen molar-refractivity contribution in [2.24, 2.45) is 0 Å². The molecule has 0 aliphatic rings. The molecule has 0 amide bonds. The molecule has 1 rings (SSSR count). The van der Waals surface area contributed by atoms with Gasteiger partial charge in [-0.05, 0) is 27.2 Å². The smallest absolute Gasteiger partial charge is 0.376 e. The maximum absolute atomic E-state index is 11.4. The zero-order valence-corrected chi connectivity index (χ0v) is 12.1. The number of carbonyl (C=O) groups excluding carboxylic acids is 1. The fourth-order valence-electron chi connectivity index (χ4n) is 1.64. The number of ether oxygens (including phenoxy) is 1. The minimum atomic E-state index is -0.853. The summed E-state index contributed by atoms with van der Waals surface area (Å²) >= 11 is 0. The highest BCUT2D eigenvalue weighted by Gasteiger charge is 2.21. The van der Waals surface area contributed by atoms with Gasteiger partial charge in [-0.25, -0.2) is 14.8 Å². The predicted octanol–water partition coefficient (Wildman–Crippen LogP) is 1.63. The van der Waals surface area contributed by atoms with Gasteiger partial charge >= 0.3 is 11.9 Å². The fraction of sp³-hybridized carbons (Fsp3) is 0.538. The third-order valence-electron chi connectivity index (χ3n) is 2.65. The number of aliphatic carboxylic acids is 1. The minimum absolute atomic E-state index is 0.0240. The van der Waals surface area contributed by atoms with Gasteiger partial charge in [0.25, 0.3) is 0 Å². The van der Waals surface area contributed by atoms with E-state index in [-0.39, 0.29) is 12.2 Å². The number of nitrogens with zero attached hydrogens (tertiary/aromatic N) is 2. The number of hydrogen-bond acceptors (Lipinski definition) is 6. The lowest BCUT2D eigenvalue weighted by molar-refractivity contribution is -0.137. The normalized spacial score (nSPS) is 11.0. The number of carboxylic acids is 1. The summed E-state index contributed by atoms with van der Waals surface area (Å²) in [5.41, 5.74) is 0.156. The fourth-order valence-corrected chi connectivity index (χ4v) is 1.64. The molecule has 1 aromatic heterocycles. The van der Waals surface area contributed by atoms with E-state index in [4.69, 9.17) is 5.11 Å². The van der Waals surface area contributed by atoms with Crippen LogP contribution in [-0.4, -0.2) is 39.7 Å². The summed E-state index contributed by atoms with van der Waals surface area (Å²) < 4.78 is 4.59. The Morgan fingerprint density at radius 1 is 1.40 bits per heavy atom. The van der Waals surface area contributed by atoms with E-state index in [0.29, 0.717) is 17.9 Å². The molecule has 0 bridgehead atoms. The summed E-state index contributed by atoms with van der Waals surface area (Å²) in [7, 11) is 1.26. The van der Waals surface area contributed by atoms with E-state index in [0.717, 1.165) is 0 Å². The molecule has 7 heteroatoms. The van der Waals surface area contributed by atoms with Crippen LogP contribution in [0.4, 0.5) is 5.82 Å². The maximum Gasteiger partial charge on any atom is 0.376 e. The van der Waals surface area contributed by atoms with Crippen LogP contribution in [0.5, 0.6) is 0 Å². The zero-order chi connectivity index (χ0) is 15.3. The van der Waals surface area contributed by atoms with Gasteiger partial charge in [0, 0.05) is 23.7 Å². The van der Waals surface area contributed by atoms with Crippen LogP contribution in [-0.2, 0) is 9.53 Å². The number of anilines is 1. The van der Waals surface area contributed by atoms with E-state index in [1.807, 2.05) is 13.8 Å². The molecule has 0 saturated carbocycles. The molecular formula is C13H19N3O4. The standard InChI is InChI=1S/C13H19N3O4/c1-8-7-9(15-11(14-8)12(19)20-4)16-13(2,3)6-5-10(17)18/h7H,5-6H2,1-4H3,(H,17,18)(H,14,15,16). The molecule has 7 nitrogen and oxygen atoms in total. The van der Waals surface area contributed by atoms with Crippen LogP contribution in [0.25, 0.3) is 0 Å². The third kappa shape index (κ3) is 4.83. The van der Waals surface area contributed by atoms with Gasteiger partial charge in [0.15, 0.2) is 0 Å². The molecule has 1 aromatic rings. The van der Waals surface area contributed by atoms with Crippen molar-refractivity contribution in [2.75, 3.05) is 12.4 Å². The Labute approximate surface area is 117 Å². The van der Waals surface area contributed by atoms with Gasteiger partial charge in [0.1, 0.15) is 5.82 Å². The van der Waals surface area contributed by atoms with Crippen molar-refractivity contribution in [1.82, 2.24) is 9.97 Å². The summed E-state index contributed by atoms with van der Waals surface area (Å²) in [6.45, 7) is 5.47. The van der Waals surface area contributed by atoms with Gasteiger partial charge in [-0.1, -0.05) is 0 Å². The van der Waals surface area contributed by atoms with Crippen molar-refractivity contribution in [3.8, 4) is 0 Å². The predicted molar refractivity (Wildman–Crippen MR) is 72.7 cm³/mol. The van der Waals surface area contributed by atoms with E-state index in [2.05, 4.69) is 20.0 Å². The van der Waals surface area contributed by atoms with Gasteiger partial charge in [-0.2, -0.15) is 0 Å². The number of carboxylic acid groups (broad SMARTS) is 1. The van der Waals surface area contributed by atoms with Crippen LogP contribution in [0.3, 0.4) is 0 Å². The second-order valence-electron chi connectivity index (χ2n) is 5.11. The van der Waals surface area contributed by atoms with E-state index < -0.39 is 17.5 Å². The summed E-state index contributed by atoms with van der Waals surface area (Å²) in [6.07, 6.45) is 0.479. The Balaban J connectivity index is 2.88. The number of aryl methyl sites for hydroxylation is 1. The number of rotatable bonds is 6. The zero-order valence-electron chi connectivity index (χ0n) is 12.1. The molecule has 20 heavy (non-hydrogen) atoms. The average molecular weight is 281 g/mol. The van der Waals surface area contributed by atoms with E-state index in [9.17, 15) is 9.59 Å². The van der Waals surface area contributed by atoms with Crippen LogP contribution >= 0.6 is 0 Å². The Kier molecular flexibility index (Phi) is 5.01. The van der Waals surface area contributed by atoms with Crippen LogP contribution in [0, 0.1) is 6.92 Å². The van der Waals surface area contributed by atoms with Crippen molar-refractivity contribution in [3.05, 3.63) is 17.6 Å². The first kappa shape index (κ1) is 15.9. The largest absolute Gasteiger partial charge is 0.481 e. The van der Waals surface area contributed by atoms with Gasteiger partial charge in [0.2, 0.25) is 5.82 Å². The topological polar surface area (TPSA) is 101 Å². The Morgan fingerprint density at radius 2 is 2.05 bits per heavy atom. The van der Waals surface area contributed by atoms with Crippen molar-refractivity contribution in [3.63, 3.8) is 0 Å². The first-order valence-electron chi connectivity index (χ1n) is 6.17. The van der Waals surface area contributed by atoms with Crippen LogP contribution < -0.4 is 5.32 Å². The lowest BCUT2D eigenvalue weighted by atomic mass is 9.98. The van der Waals surface area contributed by atoms with Gasteiger partial charge < -0.3 is 15.2 Å². The highest BCUT2D eigenvalue weighted by atomic mass is 16.5. The van der Waals surface area contributed by atoms with Crippen molar-refractivity contribution >= 4 is 17.8 Å². The molecule has 0 aliphatic carbocycles. The van der Waals surface area contributed by atoms with E-state index in [1.54, 1.807) is 13.0 Å². The first-order chi connectivity index (χ1) is 9.23. The molecule has 1 heterocycles. The SMILES string of the molecule is COC(=O)c1nc(C)cc(NC(C)(C)CCC(=O)O)n1. The summed E-state index contributed by atoms with van der Waals surface area (Å²) in [5, 5.41) is 11.8. The average Bonchev–Trinajstić information content (AvgIpc) is 2.34. The monoisotopic (exact) mass is 281 g/mol. The second-order valence-corrected chi connectivity index (χ2v) is 5.11. The van der Waals surface area contributed by atoms with Gasteiger partial charge in [-0.3, -0.25) is 4.79 Å². The van der Waals surface area contributed by atoms with Crippen LogP contribution in [0.15, 0.2) is 6.07 Å². The third-order valence-corrected chi connectivity index (χ3v) is 2.65. The lowest BCUT2D eigenvalue weighted by Gasteiger charge is -2.26. The van der Waals surface area contributed by atoms with Gasteiger partial charge in [0.05, 0.1) is 7.11 Å². The number of aromatic nitrogens is 2. The number of carbonyl (C=O) groups is 2. The molecule has 0 radical (unpaired) electrons. The van der Waals surface area contributed by atoms with Crippen molar-refractivity contribution in [2.45, 2.75) is 39.2 Å². The highest BCUT2D eigenvalue weighted by molar-refractivity contribution is 5.85. The van der Waals surface area contributed by atoms with Gasteiger partial charge in [-0.15, -0.1) is 0 Å². The number of nitrogens with one attached hydrogen (secondary N) is 1. The highest BCUT2D eigenvalue weighted by Crippen LogP contribution is 2.19. The Morgan fingerprint density at radius 3 is 2.60 bits per heavy atom. The first-order valence-corrected chi connectivity index (χ1v) is 6.17. The molecule has 0 saturated heterocycles. The maximum atomic E-state index is 11.4. The molecule has 0 unspecified atom stereocenters. The molecular weight excluding hydrogens is 262 g/mol. The molecule has 0 aliphatic heterocycles. The molecule has 110 valence electrons.